The van der Waals surface area contributed by atoms with Crippen LogP contribution < -0.4 is 5.32 Å². The van der Waals surface area contributed by atoms with Crippen molar-refractivity contribution in [2.45, 2.75) is 37.9 Å². The molecule has 0 heterocycles. The predicted molar refractivity (Wildman–Crippen MR) is 112 cm³/mol. The van der Waals surface area contributed by atoms with Crippen molar-refractivity contribution in [3.63, 3.8) is 0 Å². The van der Waals surface area contributed by atoms with Gasteiger partial charge in [0.25, 0.3) is 5.91 Å². The van der Waals surface area contributed by atoms with Crippen LogP contribution in [0.5, 0.6) is 0 Å². The summed E-state index contributed by atoms with van der Waals surface area (Å²) in [5, 5.41) is 2.85. The third kappa shape index (κ3) is 5.64. The summed E-state index contributed by atoms with van der Waals surface area (Å²) >= 11 is 0. The van der Waals surface area contributed by atoms with Gasteiger partial charge in [-0.3, -0.25) is 4.79 Å². The molecule has 0 aliphatic carbocycles. The van der Waals surface area contributed by atoms with Gasteiger partial charge >= 0.3 is 0 Å². The number of nitrogens with zero attached hydrogens (tertiary/aromatic N) is 2. The fraction of sp³-hybridized carbons (Fsp3) is 0.381. The minimum Gasteiger partial charge on any atom is -0.348 e. The van der Waals surface area contributed by atoms with E-state index in [1.165, 1.54) is 29.0 Å². The smallest absolute Gasteiger partial charge is 0.251 e. The Morgan fingerprint density at radius 2 is 1.61 bits per heavy atom. The molecule has 6 nitrogen and oxygen atoms in total. The van der Waals surface area contributed by atoms with Gasteiger partial charge in [-0.25, -0.2) is 8.42 Å². The number of carbonyl (C=O) groups excluding carboxylic acids is 1. The van der Waals surface area contributed by atoms with Gasteiger partial charge in [-0.15, -0.1) is 0 Å². The topological polar surface area (TPSA) is 69.7 Å². The number of amides is 1. The molecule has 0 aromatic heterocycles. The first-order valence-corrected chi connectivity index (χ1v) is 10.6. The molecule has 0 saturated heterocycles. The van der Waals surface area contributed by atoms with Gasteiger partial charge in [0.15, 0.2) is 0 Å². The molecule has 7 heteroatoms. The van der Waals surface area contributed by atoms with Gasteiger partial charge in [-0.05, 0) is 57.3 Å². The highest BCUT2D eigenvalue weighted by molar-refractivity contribution is 7.89. The lowest BCUT2D eigenvalue weighted by Crippen LogP contribution is -2.33. The summed E-state index contributed by atoms with van der Waals surface area (Å²) in [6.45, 7) is 4.85. The summed E-state index contributed by atoms with van der Waals surface area (Å²) in [5.74, 6) is -0.304. The van der Waals surface area contributed by atoms with Crippen LogP contribution in [0.15, 0.2) is 53.4 Å². The molecule has 0 bridgehead atoms. The van der Waals surface area contributed by atoms with E-state index in [1.54, 1.807) is 26.0 Å². The molecule has 0 atom stereocenters. The number of carbonyl (C=O) groups is 1. The Labute approximate surface area is 168 Å². The van der Waals surface area contributed by atoms with Crippen LogP contribution in [0.25, 0.3) is 0 Å². The van der Waals surface area contributed by atoms with Crippen LogP contribution in [-0.4, -0.2) is 50.7 Å². The van der Waals surface area contributed by atoms with Gasteiger partial charge in [-0.2, -0.15) is 4.31 Å². The van der Waals surface area contributed by atoms with Crippen LogP contribution in [0.3, 0.4) is 0 Å². The first kappa shape index (κ1) is 22.1. The summed E-state index contributed by atoms with van der Waals surface area (Å²) in [5.41, 5.74) is 2.51. The Kier molecular flexibility index (Phi) is 7.35. The number of benzene rings is 2. The SMILES string of the molecule is CC(C)N(C)S(=O)(=O)c1cccc(C(=O)NCc2ccc(CN(C)C)cc2)c1. The summed E-state index contributed by atoms with van der Waals surface area (Å²) in [4.78, 5) is 14.7. The molecule has 0 unspecified atom stereocenters. The number of hydrogen-bond donors (Lipinski definition) is 1. The largest absolute Gasteiger partial charge is 0.348 e. The molecule has 0 aliphatic rings. The molecular weight excluding hydrogens is 374 g/mol. The van der Waals surface area contributed by atoms with Crippen LogP contribution in [0.2, 0.25) is 0 Å². The van der Waals surface area contributed by atoms with Crippen molar-refractivity contribution in [3.8, 4) is 0 Å². The fourth-order valence-corrected chi connectivity index (χ4v) is 4.07. The van der Waals surface area contributed by atoms with Crippen molar-refractivity contribution >= 4 is 15.9 Å². The van der Waals surface area contributed by atoms with E-state index in [4.69, 9.17) is 0 Å². The molecule has 2 aromatic carbocycles. The third-order valence-electron chi connectivity index (χ3n) is 4.48. The van der Waals surface area contributed by atoms with E-state index in [9.17, 15) is 13.2 Å². The fourth-order valence-electron chi connectivity index (χ4n) is 2.65. The Morgan fingerprint density at radius 3 is 2.18 bits per heavy atom. The van der Waals surface area contributed by atoms with Crippen molar-refractivity contribution in [3.05, 3.63) is 65.2 Å². The molecule has 0 spiro atoms. The molecule has 0 aliphatic heterocycles. The molecule has 1 N–H and O–H groups in total. The molecular formula is C21H29N3O3S. The molecule has 1 amide bonds. The van der Waals surface area contributed by atoms with Gasteiger partial charge < -0.3 is 10.2 Å². The van der Waals surface area contributed by atoms with Crippen molar-refractivity contribution in [2.24, 2.45) is 0 Å². The maximum atomic E-state index is 12.6. The van der Waals surface area contributed by atoms with Crippen molar-refractivity contribution in [2.75, 3.05) is 21.1 Å². The average Bonchev–Trinajstić information content (AvgIpc) is 2.66. The zero-order chi connectivity index (χ0) is 20.9. The van der Waals surface area contributed by atoms with Crippen LogP contribution in [0.1, 0.15) is 35.3 Å². The third-order valence-corrected chi connectivity index (χ3v) is 6.50. The highest BCUT2D eigenvalue weighted by atomic mass is 32.2. The Hall–Kier alpha value is -2.22. The van der Waals surface area contributed by atoms with Gasteiger partial charge in [0.1, 0.15) is 0 Å². The number of hydrogen-bond acceptors (Lipinski definition) is 4. The molecule has 2 aromatic rings. The van der Waals surface area contributed by atoms with Crippen molar-refractivity contribution in [1.29, 1.82) is 0 Å². The summed E-state index contributed by atoms with van der Waals surface area (Å²) in [7, 11) is 1.94. The van der Waals surface area contributed by atoms with E-state index in [1.807, 2.05) is 38.4 Å². The summed E-state index contributed by atoms with van der Waals surface area (Å²) < 4.78 is 26.5. The van der Waals surface area contributed by atoms with E-state index in [0.29, 0.717) is 12.1 Å². The van der Waals surface area contributed by atoms with E-state index >= 15 is 0 Å². The minimum absolute atomic E-state index is 0.115. The Morgan fingerprint density at radius 1 is 1.00 bits per heavy atom. The lowest BCUT2D eigenvalue weighted by molar-refractivity contribution is 0.0950. The van der Waals surface area contributed by atoms with Crippen LogP contribution >= 0.6 is 0 Å². The summed E-state index contributed by atoms with van der Waals surface area (Å²) in [6.07, 6.45) is 0. The zero-order valence-electron chi connectivity index (χ0n) is 17.1. The number of rotatable bonds is 8. The first-order valence-electron chi connectivity index (χ1n) is 9.20. The van der Waals surface area contributed by atoms with E-state index in [2.05, 4.69) is 10.2 Å². The Bertz CT molecular complexity index is 907. The maximum absolute atomic E-state index is 12.6. The lowest BCUT2D eigenvalue weighted by Gasteiger charge is -2.21. The highest BCUT2D eigenvalue weighted by Gasteiger charge is 2.23. The van der Waals surface area contributed by atoms with E-state index in [-0.39, 0.29) is 16.8 Å². The second-order valence-electron chi connectivity index (χ2n) is 7.38. The summed E-state index contributed by atoms with van der Waals surface area (Å²) in [6, 6.07) is 14.0. The first-order chi connectivity index (χ1) is 13.1. The van der Waals surface area contributed by atoms with Gasteiger partial charge in [0, 0.05) is 31.7 Å². The van der Waals surface area contributed by atoms with Crippen LogP contribution in [0.4, 0.5) is 0 Å². The molecule has 2 rings (SSSR count). The molecule has 28 heavy (non-hydrogen) atoms. The van der Waals surface area contributed by atoms with E-state index < -0.39 is 10.0 Å². The van der Waals surface area contributed by atoms with Crippen molar-refractivity contribution in [1.82, 2.24) is 14.5 Å². The number of sulfonamides is 1. The van der Waals surface area contributed by atoms with Crippen LogP contribution in [-0.2, 0) is 23.1 Å². The second-order valence-corrected chi connectivity index (χ2v) is 9.38. The van der Waals surface area contributed by atoms with Gasteiger partial charge in [-0.1, -0.05) is 30.3 Å². The van der Waals surface area contributed by atoms with Crippen LogP contribution in [0, 0.1) is 0 Å². The normalized spacial score (nSPS) is 12.0. The van der Waals surface area contributed by atoms with E-state index in [0.717, 1.165) is 12.1 Å². The Balaban J connectivity index is 2.07. The zero-order valence-corrected chi connectivity index (χ0v) is 18.0. The highest BCUT2D eigenvalue weighted by Crippen LogP contribution is 2.18. The monoisotopic (exact) mass is 403 g/mol. The predicted octanol–water partition coefficient (Wildman–Crippen LogP) is 2.71. The minimum atomic E-state index is -3.63. The van der Waals surface area contributed by atoms with Gasteiger partial charge in [0.05, 0.1) is 4.90 Å². The van der Waals surface area contributed by atoms with Gasteiger partial charge in [0.2, 0.25) is 10.0 Å². The molecule has 152 valence electrons. The molecule has 0 saturated carbocycles. The second kappa shape index (κ2) is 9.32. The lowest BCUT2D eigenvalue weighted by atomic mass is 10.1. The maximum Gasteiger partial charge on any atom is 0.251 e. The molecule has 0 radical (unpaired) electrons. The van der Waals surface area contributed by atoms with Crippen molar-refractivity contribution < 1.29 is 13.2 Å². The number of nitrogens with one attached hydrogen (secondary N) is 1. The quantitative estimate of drug-likeness (QED) is 0.736. The average molecular weight is 404 g/mol. The standard InChI is InChI=1S/C21H29N3O3S/c1-16(2)24(5)28(26,27)20-8-6-7-19(13-20)21(25)22-14-17-9-11-18(12-10-17)15-23(3)4/h6-13,16H,14-15H2,1-5H3,(H,22,25). The molecule has 0 fully saturated rings.